The molecule has 0 aromatic carbocycles. The van der Waals surface area contributed by atoms with Crippen LogP contribution in [-0.4, -0.2) is 148 Å². The van der Waals surface area contributed by atoms with Crippen molar-refractivity contribution in [3.63, 3.8) is 0 Å². The van der Waals surface area contributed by atoms with Crippen LogP contribution < -0.4 is 0 Å². The van der Waals surface area contributed by atoms with Crippen molar-refractivity contribution >= 4 is 483 Å². The molecule has 0 aliphatic heterocycles. The molecule has 0 spiro atoms. The van der Waals surface area contributed by atoms with Crippen molar-refractivity contribution in [2.75, 3.05) is 0 Å². The van der Waals surface area contributed by atoms with Crippen LogP contribution in [0, 0.1) is 0 Å². The normalized spacial score (nSPS) is 0. The summed E-state index contributed by atoms with van der Waals surface area (Å²) in [7, 11) is 0. The third-order valence-corrected chi connectivity index (χ3v) is 0. The Balaban J connectivity index is 0. The van der Waals surface area contributed by atoms with Gasteiger partial charge < -0.3 is 0 Å². The Morgan fingerprint density at radius 3 is 0.0625 bits per heavy atom. The summed E-state index contributed by atoms with van der Waals surface area (Å²) in [5.74, 6) is 0. The van der Waals surface area contributed by atoms with Crippen LogP contribution in [-0.2, 0) is 0 Å². The summed E-state index contributed by atoms with van der Waals surface area (Å²) < 4.78 is 0. The molecule has 0 aliphatic carbocycles. The first-order chi connectivity index (χ1) is 0. The molecule has 0 unspecified atom stereocenters. The predicted octanol–water partition coefficient (Wildman–Crippen LogP) is 8.15. The van der Waals surface area contributed by atoms with E-state index in [0.717, 1.165) is 0 Å². The van der Waals surface area contributed by atoms with Crippen molar-refractivity contribution in [1.29, 1.82) is 0 Å². The average molecular weight is 1100 g/mol. The zero-order valence-corrected chi connectivity index (χ0v) is 33.1. The first kappa shape index (κ1) is 523. The molecule has 0 atom stereocenters. The maximum atomic E-state index is 0. The molecule has 0 fully saturated rings. The number of rotatable bonds is 0. The summed E-state index contributed by atoms with van der Waals surface area (Å²) in [6, 6.07) is 0. The molecule has 0 rings (SSSR count). The summed E-state index contributed by atoms with van der Waals surface area (Å²) in [6.07, 6.45) is 0. The SMILES string of the molecule is Cl.Cl.Cl.Cl.Cl.Cl.Cl.Cl.Cl.Cl.Cl.Cl.Cl.Cl.Cl.Cl.Cl.Cl.Cl.Cl.Cl.Cl.Cl.Cl.Cl.Cl.Cl.[NaH].[NaH].[NaH].[NaH].[NaH]. The maximum absolute atomic E-state index is 0. The van der Waals surface area contributed by atoms with Gasteiger partial charge in [-0.1, -0.05) is 0 Å². The topological polar surface area (TPSA) is 0 Å². The minimum atomic E-state index is 0. The van der Waals surface area contributed by atoms with E-state index in [0.29, 0.717) is 0 Å². The van der Waals surface area contributed by atoms with Crippen molar-refractivity contribution in [1.82, 2.24) is 0 Å². The van der Waals surface area contributed by atoms with Gasteiger partial charge in [0.15, 0.2) is 0 Å². The Kier molecular flexibility index (Phi) is 7990. The molecule has 0 saturated carbocycles. The van der Waals surface area contributed by atoms with E-state index in [1.165, 1.54) is 0 Å². The molecule has 0 aromatic rings. The van der Waals surface area contributed by atoms with Crippen LogP contribution >= 0.6 is 335 Å². The Bertz CT molecular complexity index is 20.0. The zero-order chi connectivity index (χ0) is 0. The molecule has 0 aliphatic rings. The first-order valence-electron chi connectivity index (χ1n) is 0. The van der Waals surface area contributed by atoms with Crippen LogP contribution in [0.4, 0.5) is 0 Å². The van der Waals surface area contributed by atoms with Crippen LogP contribution in [0.3, 0.4) is 0 Å². The van der Waals surface area contributed by atoms with Gasteiger partial charge in [-0.05, 0) is 0 Å². The molecule has 0 N–H and O–H groups in total. The Morgan fingerprint density at radius 2 is 0.0625 bits per heavy atom. The predicted molar refractivity (Wildman–Crippen MR) is 231 cm³/mol. The third-order valence-electron chi connectivity index (χ3n) is 0. The van der Waals surface area contributed by atoms with E-state index in [1.807, 2.05) is 0 Å². The van der Waals surface area contributed by atoms with E-state index in [-0.39, 0.29) is 483 Å². The fourth-order valence-electron chi connectivity index (χ4n) is 0. The first-order valence-corrected chi connectivity index (χ1v) is 0. The van der Waals surface area contributed by atoms with Crippen molar-refractivity contribution < 1.29 is 0 Å². The average Bonchev–Trinajstić information content (AvgIpc) is 0. The molecule has 0 heterocycles. The van der Waals surface area contributed by atoms with Gasteiger partial charge in [-0.2, -0.15) is 0 Å². The summed E-state index contributed by atoms with van der Waals surface area (Å²) in [5, 5.41) is 0. The Hall–Kier alpha value is 12.8. The molecule has 32 heavy (non-hydrogen) atoms. The molecular weight excluding hydrogens is 1070 g/mol. The Labute approximate surface area is 472 Å². The van der Waals surface area contributed by atoms with Gasteiger partial charge in [0.2, 0.25) is 0 Å². The molecule has 0 amide bonds. The minimum absolute atomic E-state index is 0. The van der Waals surface area contributed by atoms with Crippen LogP contribution in [0.1, 0.15) is 0 Å². The quantitative estimate of drug-likeness (QED) is 0.215. The molecule has 32 heteroatoms. The van der Waals surface area contributed by atoms with Gasteiger partial charge in [0.25, 0.3) is 0 Å². The molecule has 0 saturated heterocycles. The molecular formula is H32Cl27Na5. The summed E-state index contributed by atoms with van der Waals surface area (Å²) in [4.78, 5) is 0. The fraction of sp³-hybridized carbons (Fsp3) is 0. The second-order valence-electron chi connectivity index (χ2n) is 0. The molecule has 0 bridgehead atoms. The van der Waals surface area contributed by atoms with Gasteiger partial charge >= 0.3 is 148 Å². The van der Waals surface area contributed by atoms with Crippen LogP contribution in [0.2, 0.25) is 0 Å². The molecule has 226 valence electrons. The number of halogens is 27. The van der Waals surface area contributed by atoms with Crippen LogP contribution in [0.15, 0.2) is 0 Å². The van der Waals surface area contributed by atoms with Crippen LogP contribution in [0.5, 0.6) is 0 Å². The third kappa shape index (κ3) is 455. The molecule has 0 nitrogen and oxygen atoms in total. The zero-order valence-electron chi connectivity index (χ0n) is 11.0. The van der Waals surface area contributed by atoms with E-state index in [2.05, 4.69) is 0 Å². The van der Waals surface area contributed by atoms with Crippen molar-refractivity contribution in [2.24, 2.45) is 0 Å². The summed E-state index contributed by atoms with van der Waals surface area (Å²) in [6.45, 7) is 0. The van der Waals surface area contributed by atoms with Crippen molar-refractivity contribution in [2.45, 2.75) is 0 Å². The van der Waals surface area contributed by atoms with E-state index in [9.17, 15) is 0 Å². The monoisotopic (exact) mass is 1090 g/mol. The van der Waals surface area contributed by atoms with Gasteiger partial charge in [-0.3, -0.25) is 0 Å². The van der Waals surface area contributed by atoms with Gasteiger partial charge in [0.1, 0.15) is 0 Å². The Morgan fingerprint density at radius 1 is 0.0625 bits per heavy atom. The molecule has 0 aromatic heterocycles. The second kappa shape index (κ2) is 488. The van der Waals surface area contributed by atoms with Gasteiger partial charge in [-0.15, -0.1) is 335 Å². The van der Waals surface area contributed by atoms with Crippen molar-refractivity contribution in [3.8, 4) is 0 Å². The number of hydrogen-bond donors (Lipinski definition) is 0. The number of hydrogen-bond acceptors (Lipinski definition) is 0. The molecule has 0 radical (unpaired) electrons. The fourth-order valence-corrected chi connectivity index (χ4v) is 0. The van der Waals surface area contributed by atoms with Crippen molar-refractivity contribution in [3.05, 3.63) is 0 Å². The van der Waals surface area contributed by atoms with Gasteiger partial charge in [0.05, 0.1) is 0 Å². The standard InChI is InChI=1S/27ClH.5Na.5H/h27*1H;;;;;;;;;;. The van der Waals surface area contributed by atoms with E-state index >= 15 is 0 Å². The second-order valence-corrected chi connectivity index (χ2v) is 0. The van der Waals surface area contributed by atoms with E-state index in [4.69, 9.17) is 0 Å². The van der Waals surface area contributed by atoms with Crippen LogP contribution in [0.25, 0.3) is 0 Å². The van der Waals surface area contributed by atoms with Gasteiger partial charge in [0, 0.05) is 0 Å². The van der Waals surface area contributed by atoms with Gasteiger partial charge in [-0.25, -0.2) is 0 Å². The summed E-state index contributed by atoms with van der Waals surface area (Å²) in [5.41, 5.74) is 0. The van der Waals surface area contributed by atoms with E-state index < -0.39 is 0 Å². The van der Waals surface area contributed by atoms with E-state index in [1.54, 1.807) is 0 Å². The summed E-state index contributed by atoms with van der Waals surface area (Å²) >= 11 is 0.